The van der Waals surface area contributed by atoms with Gasteiger partial charge in [0.2, 0.25) is 11.8 Å². The maximum Gasteiger partial charge on any atom is 0.408 e. The van der Waals surface area contributed by atoms with Gasteiger partial charge in [0.05, 0.1) is 0 Å². The van der Waals surface area contributed by atoms with Gasteiger partial charge in [0.25, 0.3) is 0 Å². The lowest BCUT2D eigenvalue weighted by Gasteiger charge is -2.40. The van der Waals surface area contributed by atoms with E-state index in [1.54, 1.807) is 37.8 Å². The van der Waals surface area contributed by atoms with Gasteiger partial charge in [-0.05, 0) is 83.4 Å². The Bertz CT molecular complexity index is 973. The first-order chi connectivity index (χ1) is 18.1. The van der Waals surface area contributed by atoms with E-state index in [0.29, 0.717) is 23.5 Å². The van der Waals surface area contributed by atoms with Crippen molar-refractivity contribution in [1.82, 2.24) is 15.5 Å². The summed E-state index contributed by atoms with van der Waals surface area (Å²) in [6, 6.07) is 5.08. The van der Waals surface area contributed by atoms with Crippen LogP contribution >= 0.6 is 0 Å². The molecule has 0 radical (unpaired) electrons. The fourth-order valence-electron chi connectivity index (χ4n) is 4.45. The van der Waals surface area contributed by atoms with Gasteiger partial charge in [-0.2, -0.15) is 0 Å². The van der Waals surface area contributed by atoms with Crippen molar-refractivity contribution >= 4 is 17.9 Å². The molecule has 0 aromatic heterocycles. The molecular weight excluding hydrogens is 490 g/mol. The number of hydrogen-bond donors (Lipinski definition) is 2. The summed E-state index contributed by atoms with van der Waals surface area (Å²) in [6.07, 6.45) is 8.24. The first-order valence-electron chi connectivity index (χ1n) is 14.3. The van der Waals surface area contributed by atoms with E-state index in [-0.39, 0.29) is 29.8 Å². The standard InChI is InChI=1S/C32H51N3O4/c1-12-14-23(7)33-29(36)28(26-19-17-25(13-2)18-20-26)35(24(8)16-15-21(3)4)30(37)27(22(5)6)34-31(38)39-32(9,10)11/h2,17-24,27-28H,12,14-16H2,1,3-11H3,(H,33,36)(H,34,38). The van der Waals surface area contributed by atoms with E-state index < -0.39 is 23.8 Å². The SMILES string of the molecule is C#Cc1ccc(C(C(=O)NC(C)CCC)N(C(=O)C(NC(=O)OC(C)(C)C)C(C)C)C(C)CCC(C)C)cc1. The number of nitrogens with one attached hydrogen (secondary N) is 2. The number of hydrogen-bond acceptors (Lipinski definition) is 4. The summed E-state index contributed by atoms with van der Waals surface area (Å²) in [6.45, 7) is 19.3. The second kappa shape index (κ2) is 15.5. The van der Waals surface area contributed by atoms with Crippen molar-refractivity contribution in [3.05, 3.63) is 35.4 Å². The minimum atomic E-state index is -0.896. The highest BCUT2D eigenvalue weighted by Gasteiger charge is 2.40. The van der Waals surface area contributed by atoms with Gasteiger partial charge in [-0.25, -0.2) is 4.79 Å². The fraction of sp³-hybridized carbons (Fsp3) is 0.656. The molecule has 0 aliphatic carbocycles. The van der Waals surface area contributed by atoms with Gasteiger partial charge in [0.15, 0.2) is 0 Å². The van der Waals surface area contributed by atoms with Crippen LogP contribution in [0.25, 0.3) is 0 Å². The Morgan fingerprint density at radius 2 is 1.54 bits per heavy atom. The van der Waals surface area contributed by atoms with E-state index in [2.05, 4.69) is 37.3 Å². The number of rotatable bonds is 13. The van der Waals surface area contributed by atoms with Gasteiger partial charge >= 0.3 is 6.09 Å². The van der Waals surface area contributed by atoms with Crippen LogP contribution in [0.4, 0.5) is 4.79 Å². The normalized spacial score (nSPS) is 14.6. The van der Waals surface area contributed by atoms with Crippen molar-refractivity contribution in [2.45, 2.75) is 125 Å². The zero-order valence-electron chi connectivity index (χ0n) is 25.8. The number of carbonyl (C=O) groups excluding carboxylic acids is 3. The monoisotopic (exact) mass is 541 g/mol. The quantitative estimate of drug-likeness (QED) is 0.290. The molecule has 0 saturated carbocycles. The summed E-state index contributed by atoms with van der Waals surface area (Å²) in [4.78, 5) is 42.7. The molecule has 7 nitrogen and oxygen atoms in total. The van der Waals surface area contributed by atoms with E-state index in [1.165, 1.54) is 0 Å². The maximum absolute atomic E-state index is 14.4. The highest BCUT2D eigenvalue weighted by atomic mass is 16.6. The largest absolute Gasteiger partial charge is 0.444 e. The van der Waals surface area contributed by atoms with Crippen LogP contribution in [-0.2, 0) is 14.3 Å². The zero-order chi connectivity index (χ0) is 29.9. The Kier molecular flexibility index (Phi) is 13.6. The maximum atomic E-state index is 14.4. The Balaban J connectivity index is 3.64. The van der Waals surface area contributed by atoms with E-state index >= 15 is 0 Å². The number of nitrogens with zero attached hydrogens (tertiary/aromatic N) is 1. The minimum absolute atomic E-state index is 0.0568. The molecule has 4 unspecified atom stereocenters. The molecule has 0 spiro atoms. The third-order valence-corrected chi connectivity index (χ3v) is 6.53. The first kappa shape index (κ1) is 34.0. The number of carbonyl (C=O) groups is 3. The Morgan fingerprint density at radius 1 is 0.949 bits per heavy atom. The highest BCUT2D eigenvalue weighted by molar-refractivity contribution is 5.92. The summed E-state index contributed by atoms with van der Waals surface area (Å²) < 4.78 is 5.47. The number of benzene rings is 1. The molecule has 7 heteroatoms. The Hall–Kier alpha value is -3.01. The van der Waals surface area contributed by atoms with Crippen molar-refractivity contribution < 1.29 is 19.1 Å². The second-order valence-electron chi connectivity index (χ2n) is 12.3. The second-order valence-corrected chi connectivity index (χ2v) is 12.3. The lowest BCUT2D eigenvalue weighted by atomic mass is 9.94. The first-order valence-corrected chi connectivity index (χ1v) is 14.3. The lowest BCUT2D eigenvalue weighted by molar-refractivity contribution is -0.146. The van der Waals surface area contributed by atoms with Crippen LogP contribution in [0.15, 0.2) is 24.3 Å². The smallest absolute Gasteiger partial charge is 0.408 e. The molecule has 0 aliphatic rings. The molecular formula is C32H51N3O4. The molecule has 0 aliphatic heterocycles. The number of ether oxygens (including phenoxy) is 1. The molecule has 3 amide bonds. The minimum Gasteiger partial charge on any atom is -0.444 e. The van der Waals surface area contributed by atoms with Gasteiger partial charge in [-0.3, -0.25) is 9.59 Å². The summed E-state index contributed by atoms with van der Waals surface area (Å²) in [5.41, 5.74) is 0.643. The van der Waals surface area contributed by atoms with E-state index in [9.17, 15) is 14.4 Å². The van der Waals surface area contributed by atoms with Crippen LogP contribution < -0.4 is 10.6 Å². The van der Waals surface area contributed by atoms with Crippen molar-refractivity contribution in [2.24, 2.45) is 11.8 Å². The third-order valence-electron chi connectivity index (χ3n) is 6.53. The topological polar surface area (TPSA) is 87.7 Å². The van der Waals surface area contributed by atoms with Gasteiger partial charge in [-0.1, -0.05) is 59.1 Å². The average molecular weight is 542 g/mol. The van der Waals surface area contributed by atoms with Crippen molar-refractivity contribution in [3.63, 3.8) is 0 Å². The van der Waals surface area contributed by atoms with Crippen LogP contribution in [0.2, 0.25) is 0 Å². The Morgan fingerprint density at radius 3 is 2.00 bits per heavy atom. The average Bonchev–Trinajstić information content (AvgIpc) is 2.82. The summed E-state index contributed by atoms with van der Waals surface area (Å²) >= 11 is 0. The van der Waals surface area contributed by atoms with Gasteiger partial charge in [-0.15, -0.1) is 6.42 Å². The van der Waals surface area contributed by atoms with Crippen LogP contribution in [0.1, 0.15) is 112 Å². The summed E-state index contributed by atoms with van der Waals surface area (Å²) in [7, 11) is 0. The van der Waals surface area contributed by atoms with Crippen molar-refractivity contribution in [1.29, 1.82) is 0 Å². The van der Waals surface area contributed by atoms with Gasteiger partial charge in [0, 0.05) is 17.6 Å². The van der Waals surface area contributed by atoms with E-state index in [0.717, 1.165) is 19.3 Å². The molecule has 0 saturated heterocycles. The van der Waals surface area contributed by atoms with Gasteiger partial charge in [0.1, 0.15) is 17.7 Å². The van der Waals surface area contributed by atoms with E-state index in [1.807, 2.05) is 39.8 Å². The third kappa shape index (κ3) is 11.3. The van der Waals surface area contributed by atoms with Crippen LogP contribution in [0.3, 0.4) is 0 Å². The molecule has 0 bridgehead atoms. The van der Waals surface area contributed by atoms with Gasteiger partial charge < -0.3 is 20.3 Å². The summed E-state index contributed by atoms with van der Waals surface area (Å²) in [5.74, 6) is 2.22. The van der Waals surface area contributed by atoms with Crippen molar-refractivity contribution in [3.8, 4) is 12.3 Å². The van der Waals surface area contributed by atoms with E-state index in [4.69, 9.17) is 11.2 Å². The van der Waals surface area contributed by atoms with Crippen LogP contribution in [-0.4, -0.2) is 46.5 Å². The van der Waals surface area contributed by atoms with Crippen LogP contribution in [0, 0.1) is 24.2 Å². The molecule has 1 aromatic carbocycles. The molecule has 4 atom stereocenters. The molecule has 0 heterocycles. The molecule has 0 fully saturated rings. The highest BCUT2D eigenvalue weighted by Crippen LogP contribution is 2.29. The molecule has 2 N–H and O–H groups in total. The summed E-state index contributed by atoms with van der Waals surface area (Å²) in [5, 5.41) is 5.90. The number of amides is 3. The molecule has 1 aromatic rings. The van der Waals surface area contributed by atoms with Crippen LogP contribution in [0.5, 0.6) is 0 Å². The number of alkyl carbamates (subject to hydrolysis) is 1. The Labute approximate surface area is 236 Å². The van der Waals surface area contributed by atoms with Crippen molar-refractivity contribution in [2.75, 3.05) is 0 Å². The zero-order valence-corrected chi connectivity index (χ0v) is 25.8. The molecule has 218 valence electrons. The fourth-order valence-corrected chi connectivity index (χ4v) is 4.45. The lowest BCUT2D eigenvalue weighted by Crippen LogP contribution is -2.57. The number of terminal acetylenes is 1. The molecule has 1 rings (SSSR count). The molecule has 39 heavy (non-hydrogen) atoms. The predicted molar refractivity (Wildman–Crippen MR) is 158 cm³/mol. The predicted octanol–water partition coefficient (Wildman–Crippen LogP) is 6.22.